The lowest BCUT2D eigenvalue weighted by Crippen LogP contribution is -2.46. The van der Waals surface area contributed by atoms with Crippen LogP contribution in [-0.4, -0.2) is 59.1 Å². The van der Waals surface area contributed by atoms with Crippen LogP contribution in [0.25, 0.3) is 0 Å². The highest BCUT2D eigenvalue weighted by atomic mass is 32.1. The number of carbonyl (C=O) groups excluding carboxylic acids is 1. The molecule has 3 fully saturated rings. The van der Waals surface area contributed by atoms with Gasteiger partial charge in [0.25, 0.3) is 5.91 Å². The number of hydrogen-bond acceptors (Lipinski definition) is 5. The van der Waals surface area contributed by atoms with Gasteiger partial charge in [0, 0.05) is 43.9 Å². The number of carbonyl (C=O) groups is 1. The maximum Gasteiger partial charge on any atom is 0.252 e. The average molecular weight is 307 g/mol. The molecule has 5 nitrogen and oxygen atoms in total. The highest BCUT2D eigenvalue weighted by molar-refractivity contribution is 7.09. The Kier molecular flexibility index (Phi) is 3.69. The molecule has 0 saturated carbocycles. The van der Waals surface area contributed by atoms with Crippen LogP contribution in [0.5, 0.6) is 0 Å². The van der Waals surface area contributed by atoms with E-state index in [4.69, 9.17) is 4.74 Å². The van der Waals surface area contributed by atoms with Gasteiger partial charge in [-0.05, 0) is 25.2 Å². The molecular formula is C15H21N3O2S. The number of rotatable bonds is 3. The summed E-state index contributed by atoms with van der Waals surface area (Å²) >= 11 is 1.71. The summed E-state index contributed by atoms with van der Waals surface area (Å²) < 4.78 is 5.57. The number of piperidine rings is 1. The largest absolute Gasteiger partial charge is 0.368 e. The summed E-state index contributed by atoms with van der Waals surface area (Å²) in [7, 11) is 0. The van der Waals surface area contributed by atoms with Crippen LogP contribution in [0.4, 0.5) is 0 Å². The van der Waals surface area contributed by atoms with E-state index in [1.807, 2.05) is 11.6 Å². The Hall–Kier alpha value is -0.980. The minimum absolute atomic E-state index is 0.170. The Labute approximate surface area is 128 Å². The molecule has 1 amide bonds. The van der Waals surface area contributed by atoms with Gasteiger partial charge in [-0.1, -0.05) is 0 Å². The van der Waals surface area contributed by atoms with Crippen molar-refractivity contribution < 1.29 is 9.53 Å². The van der Waals surface area contributed by atoms with Crippen molar-refractivity contribution in [3.63, 3.8) is 0 Å². The van der Waals surface area contributed by atoms with E-state index in [1.54, 1.807) is 11.3 Å². The first-order valence-electron chi connectivity index (χ1n) is 7.82. The minimum atomic E-state index is -0.170. The first-order valence-corrected chi connectivity index (χ1v) is 8.70. The molecule has 2 unspecified atom stereocenters. The highest BCUT2D eigenvalue weighted by Crippen LogP contribution is 2.32. The number of hydrogen-bond donors (Lipinski definition) is 0. The molecule has 3 atom stereocenters. The molecule has 3 saturated heterocycles. The van der Waals surface area contributed by atoms with Crippen LogP contribution < -0.4 is 0 Å². The number of amides is 1. The Morgan fingerprint density at radius 1 is 1.43 bits per heavy atom. The van der Waals surface area contributed by atoms with Gasteiger partial charge in [0.1, 0.15) is 11.1 Å². The third-order valence-electron chi connectivity index (χ3n) is 4.82. The fourth-order valence-electron chi connectivity index (χ4n) is 3.94. The van der Waals surface area contributed by atoms with Gasteiger partial charge >= 0.3 is 0 Å². The van der Waals surface area contributed by atoms with Crippen LogP contribution in [0.1, 0.15) is 24.3 Å². The second kappa shape index (κ2) is 5.66. The number of nitrogens with zero attached hydrogens (tertiary/aromatic N) is 3. The summed E-state index contributed by atoms with van der Waals surface area (Å²) in [5, 5.41) is 3.20. The highest BCUT2D eigenvalue weighted by Gasteiger charge is 2.43. The summed E-state index contributed by atoms with van der Waals surface area (Å²) in [5.74, 6) is 0.852. The summed E-state index contributed by atoms with van der Waals surface area (Å²) in [6.45, 7) is 4.65. The molecule has 0 N–H and O–H groups in total. The molecule has 3 aliphatic rings. The second-order valence-corrected chi connectivity index (χ2v) is 7.35. The number of likely N-dealkylation sites (tertiary alicyclic amines) is 2. The maximum absolute atomic E-state index is 12.6. The van der Waals surface area contributed by atoms with Crippen molar-refractivity contribution in [2.24, 2.45) is 5.92 Å². The zero-order valence-corrected chi connectivity index (χ0v) is 12.9. The third kappa shape index (κ3) is 2.72. The van der Waals surface area contributed by atoms with Gasteiger partial charge in [-0.25, -0.2) is 4.98 Å². The normalized spacial score (nSPS) is 32.8. The number of fused-ring (bicyclic) bond motifs is 2. The SMILES string of the molecule is O=C([C@@H]1CCCO1)N1CC2CC1CN(Cc1nccs1)C2. The van der Waals surface area contributed by atoms with Gasteiger partial charge in [-0.2, -0.15) is 0 Å². The zero-order valence-electron chi connectivity index (χ0n) is 12.1. The number of ether oxygens (including phenoxy) is 1. The molecule has 4 rings (SSSR count). The van der Waals surface area contributed by atoms with Gasteiger partial charge in [0.2, 0.25) is 0 Å². The molecule has 0 spiro atoms. The van der Waals surface area contributed by atoms with Crippen LogP contribution in [0.2, 0.25) is 0 Å². The quantitative estimate of drug-likeness (QED) is 0.846. The van der Waals surface area contributed by atoms with Crippen LogP contribution in [0.15, 0.2) is 11.6 Å². The Bertz CT molecular complexity index is 501. The zero-order chi connectivity index (χ0) is 14.2. The molecule has 4 heterocycles. The maximum atomic E-state index is 12.6. The van der Waals surface area contributed by atoms with E-state index < -0.39 is 0 Å². The van der Waals surface area contributed by atoms with Crippen molar-refractivity contribution >= 4 is 17.2 Å². The fourth-order valence-corrected chi connectivity index (χ4v) is 4.59. The van der Waals surface area contributed by atoms with Crippen LogP contribution >= 0.6 is 11.3 Å². The molecule has 3 aliphatic heterocycles. The molecule has 2 bridgehead atoms. The van der Waals surface area contributed by atoms with Gasteiger partial charge in [-0.3, -0.25) is 9.69 Å². The van der Waals surface area contributed by atoms with E-state index in [1.165, 1.54) is 5.01 Å². The van der Waals surface area contributed by atoms with Crippen molar-refractivity contribution in [2.75, 3.05) is 26.2 Å². The smallest absolute Gasteiger partial charge is 0.252 e. The summed E-state index contributed by atoms with van der Waals surface area (Å²) in [4.78, 5) is 21.5. The predicted octanol–water partition coefficient (Wildman–Crippen LogP) is 1.35. The Morgan fingerprint density at radius 3 is 3.14 bits per heavy atom. The molecule has 0 radical (unpaired) electrons. The average Bonchev–Trinajstić information content (AvgIpc) is 3.19. The Morgan fingerprint density at radius 2 is 2.38 bits per heavy atom. The van der Waals surface area contributed by atoms with Crippen molar-refractivity contribution in [3.05, 3.63) is 16.6 Å². The summed E-state index contributed by atoms with van der Waals surface area (Å²) in [6.07, 6.45) is 4.78. The minimum Gasteiger partial charge on any atom is -0.368 e. The van der Waals surface area contributed by atoms with Gasteiger partial charge in [-0.15, -0.1) is 11.3 Å². The van der Waals surface area contributed by atoms with Gasteiger partial charge < -0.3 is 9.64 Å². The predicted molar refractivity (Wildman–Crippen MR) is 80.0 cm³/mol. The standard InChI is InChI=1S/C15H21N3O2S/c19-15(13-2-1-4-20-13)18-8-11-6-12(18)9-17(7-11)10-14-16-3-5-21-14/h3,5,11-13H,1-2,4,6-10H2/t11?,12?,13-/m0/s1. The van der Waals surface area contributed by atoms with E-state index in [-0.39, 0.29) is 12.0 Å². The topological polar surface area (TPSA) is 45.7 Å². The van der Waals surface area contributed by atoms with Crippen molar-refractivity contribution in [3.8, 4) is 0 Å². The summed E-state index contributed by atoms with van der Waals surface area (Å²) in [5.41, 5.74) is 0. The molecule has 1 aromatic heterocycles. The molecule has 6 heteroatoms. The van der Waals surface area contributed by atoms with Crippen LogP contribution in [0, 0.1) is 5.92 Å². The lowest BCUT2D eigenvalue weighted by Gasteiger charge is -2.32. The number of thiazole rings is 1. The van der Waals surface area contributed by atoms with Gasteiger partial charge in [0.05, 0.1) is 6.54 Å². The lowest BCUT2D eigenvalue weighted by atomic mass is 10.00. The van der Waals surface area contributed by atoms with E-state index in [9.17, 15) is 4.79 Å². The lowest BCUT2D eigenvalue weighted by molar-refractivity contribution is -0.141. The summed E-state index contributed by atoms with van der Waals surface area (Å²) in [6, 6.07) is 0.375. The fraction of sp³-hybridized carbons (Fsp3) is 0.733. The third-order valence-corrected chi connectivity index (χ3v) is 5.58. The van der Waals surface area contributed by atoms with Crippen LogP contribution in [0.3, 0.4) is 0 Å². The van der Waals surface area contributed by atoms with E-state index in [0.29, 0.717) is 12.0 Å². The van der Waals surface area contributed by atoms with Gasteiger partial charge in [0.15, 0.2) is 0 Å². The first kappa shape index (κ1) is 13.7. The molecule has 114 valence electrons. The van der Waals surface area contributed by atoms with Crippen molar-refractivity contribution in [2.45, 2.75) is 38.0 Å². The van der Waals surface area contributed by atoms with Crippen molar-refractivity contribution in [1.29, 1.82) is 0 Å². The Balaban J connectivity index is 1.41. The van der Waals surface area contributed by atoms with E-state index in [2.05, 4.69) is 14.8 Å². The monoisotopic (exact) mass is 307 g/mol. The molecule has 1 aromatic rings. The first-order chi connectivity index (χ1) is 10.3. The van der Waals surface area contributed by atoms with Crippen molar-refractivity contribution in [1.82, 2.24) is 14.8 Å². The second-order valence-electron chi connectivity index (χ2n) is 6.37. The van der Waals surface area contributed by atoms with E-state index >= 15 is 0 Å². The molecule has 21 heavy (non-hydrogen) atoms. The van der Waals surface area contributed by atoms with Crippen LogP contribution in [-0.2, 0) is 16.1 Å². The number of aromatic nitrogens is 1. The molecular weight excluding hydrogens is 286 g/mol. The van der Waals surface area contributed by atoms with E-state index in [0.717, 1.165) is 52.0 Å². The molecule has 0 aliphatic carbocycles. The molecule has 0 aromatic carbocycles.